The Labute approximate surface area is 186 Å². The van der Waals surface area contributed by atoms with Crippen molar-refractivity contribution >= 4 is 24.0 Å². The van der Waals surface area contributed by atoms with Crippen molar-refractivity contribution in [1.82, 2.24) is 24.1 Å². The fourth-order valence-electron chi connectivity index (χ4n) is 4.15. The molecular formula is C22H19FN6O4. The Bertz CT molecular complexity index is 1430. The normalized spacial score (nSPS) is 12.6. The van der Waals surface area contributed by atoms with Gasteiger partial charge in [-0.1, -0.05) is 0 Å². The van der Waals surface area contributed by atoms with E-state index in [1.54, 1.807) is 17.8 Å². The first-order chi connectivity index (χ1) is 15.9. The molecule has 1 aliphatic rings. The lowest BCUT2D eigenvalue weighted by atomic mass is 10.0. The van der Waals surface area contributed by atoms with Gasteiger partial charge in [0, 0.05) is 37.0 Å². The molecule has 0 unspecified atom stereocenters. The Morgan fingerprint density at radius 2 is 2.21 bits per heavy atom. The molecule has 0 bridgehead atoms. The van der Waals surface area contributed by atoms with Crippen molar-refractivity contribution in [3.8, 4) is 17.0 Å². The van der Waals surface area contributed by atoms with Gasteiger partial charge in [-0.25, -0.2) is 24.1 Å². The molecule has 33 heavy (non-hydrogen) atoms. The number of imidazole rings is 1. The van der Waals surface area contributed by atoms with Gasteiger partial charge in [-0.2, -0.15) is 5.10 Å². The fourth-order valence-corrected chi connectivity index (χ4v) is 4.15. The summed E-state index contributed by atoms with van der Waals surface area (Å²) in [5.41, 5.74) is 3.35. The van der Waals surface area contributed by atoms with Crippen LogP contribution in [0.2, 0.25) is 0 Å². The van der Waals surface area contributed by atoms with Crippen LogP contribution in [0.5, 0.6) is 5.75 Å². The standard InChI is InChI=1S/C22H19FN6O4/c1-12-7-18(27(2)26-12)15-8-24-21(28-9-13(11-30)25-20(15)28)29(22(31)32)10-16-14-5-6-33-19(14)4-3-17(16)23/h3-4,7-9,11H,5-6,10H2,1-2H3,(H,31,32). The summed E-state index contributed by atoms with van der Waals surface area (Å²) in [6.45, 7) is 1.96. The molecule has 4 aromatic rings. The number of anilines is 1. The predicted molar refractivity (Wildman–Crippen MR) is 115 cm³/mol. The summed E-state index contributed by atoms with van der Waals surface area (Å²) in [4.78, 5) is 33.4. The van der Waals surface area contributed by atoms with Crippen molar-refractivity contribution in [2.75, 3.05) is 11.5 Å². The molecule has 0 aliphatic carbocycles. The maximum absolute atomic E-state index is 14.7. The highest BCUT2D eigenvalue weighted by molar-refractivity contribution is 5.87. The lowest BCUT2D eigenvalue weighted by Crippen LogP contribution is -2.32. The van der Waals surface area contributed by atoms with E-state index in [4.69, 9.17) is 4.74 Å². The van der Waals surface area contributed by atoms with Gasteiger partial charge in [0.25, 0.3) is 0 Å². The third-order valence-corrected chi connectivity index (χ3v) is 5.62. The number of fused-ring (bicyclic) bond motifs is 2. The monoisotopic (exact) mass is 450 g/mol. The molecule has 0 saturated carbocycles. The largest absolute Gasteiger partial charge is 0.493 e. The van der Waals surface area contributed by atoms with Crippen molar-refractivity contribution in [2.45, 2.75) is 19.9 Å². The highest BCUT2D eigenvalue weighted by Crippen LogP contribution is 2.33. The van der Waals surface area contributed by atoms with Crippen LogP contribution in [0.1, 0.15) is 27.3 Å². The second-order valence-corrected chi connectivity index (χ2v) is 7.71. The lowest BCUT2D eigenvalue weighted by molar-refractivity contribution is 0.111. The number of carboxylic acid groups (broad SMARTS) is 1. The molecule has 1 N–H and O–H groups in total. The maximum atomic E-state index is 14.7. The summed E-state index contributed by atoms with van der Waals surface area (Å²) >= 11 is 0. The number of hydrogen-bond donors (Lipinski definition) is 1. The molecule has 1 amide bonds. The van der Waals surface area contributed by atoms with E-state index < -0.39 is 11.9 Å². The van der Waals surface area contributed by atoms with Crippen LogP contribution in [-0.4, -0.2) is 48.2 Å². The molecular weight excluding hydrogens is 431 g/mol. The number of aromatic nitrogens is 5. The summed E-state index contributed by atoms with van der Waals surface area (Å²) in [7, 11) is 1.76. The van der Waals surface area contributed by atoms with Crippen molar-refractivity contribution < 1.29 is 23.8 Å². The zero-order chi connectivity index (χ0) is 23.3. The number of carbonyl (C=O) groups is 2. The van der Waals surface area contributed by atoms with Gasteiger partial charge in [-0.15, -0.1) is 0 Å². The number of hydrogen-bond acceptors (Lipinski definition) is 6. The van der Waals surface area contributed by atoms with E-state index in [0.717, 1.165) is 10.6 Å². The Hall–Kier alpha value is -4.28. The van der Waals surface area contributed by atoms with Crippen LogP contribution in [0.25, 0.3) is 16.9 Å². The van der Waals surface area contributed by atoms with Crippen LogP contribution in [0.4, 0.5) is 15.1 Å². The summed E-state index contributed by atoms with van der Waals surface area (Å²) in [6.07, 6.45) is 2.61. The van der Waals surface area contributed by atoms with E-state index in [-0.39, 0.29) is 23.8 Å². The summed E-state index contributed by atoms with van der Waals surface area (Å²) < 4.78 is 23.3. The Kier molecular flexibility index (Phi) is 4.81. The molecule has 4 heterocycles. The van der Waals surface area contributed by atoms with E-state index in [1.165, 1.54) is 22.9 Å². The van der Waals surface area contributed by atoms with E-state index in [1.807, 2.05) is 13.0 Å². The van der Waals surface area contributed by atoms with Crippen molar-refractivity contribution in [2.24, 2.45) is 7.05 Å². The number of aryl methyl sites for hydroxylation is 2. The summed E-state index contributed by atoms with van der Waals surface area (Å²) in [5, 5.41) is 14.3. The predicted octanol–water partition coefficient (Wildman–Crippen LogP) is 3.01. The topological polar surface area (TPSA) is 115 Å². The number of aldehydes is 1. The molecule has 0 radical (unpaired) electrons. The van der Waals surface area contributed by atoms with Crippen LogP contribution >= 0.6 is 0 Å². The highest BCUT2D eigenvalue weighted by Gasteiger charge is 2.27. The van der Waals surface area contributed by atoms with E-state index in [0.29, 0.717) is 47.5 Å². The number of nitrogens with zero attached hydrogens (tertiary/aromatic N) is 6. The third kappa shape index (κ3) is 3.37. The van der Waals surface area contributed by atoms with E-state index >= 15 is 0 Å². The minimum absolute atomic E-state index is 0.0170. The average Bonchev–Trinajstić information content (AvgIpc) is 3.50. The fraction of sp³-hybridized carbons (Fsp3) is 0.227. The minimum atomic E-state index is -1.33. The minimum Gasteiger partial charge on any atom is -0.493 e. The number of carbonyl (C=O) groups excluding carboxylic acids is 1. The third-order valence-electron chi connectivity index (χ3n) is 5.62. The van der Waals surface area contributed by atoms with Crippen LogP contribution in [0.3, 0.4) is 0 Å². The van der Waals surface area contributed by atoms with E-state index in [2.05, 4.69) is 15.1 Å². The van der Waals surface area contributed by atoms with Gasteiger partial charge in [0.1, 0.15) is 17.3 Å². The van der Waals surface area contributed by atoms with E-state index in [9.17, 15) is 19.1 Å². The molecule has 3 aromatic heterocycles. The molecule has 10 nitrogen and oxygen atoms in total. The number of benzene rings is 1. The molecule has 1 aromatic carbocycles. The highest BCUT2D eigenvalue weighted by atomic mass is 19.1. The number of ether oxygens (including phenoxy) is 1. The molecule has 5 rings (SSSR count). The van der Waals surface area contributed by atoms with Crippen LogP contribution in [0, 0.1) is 12.7 Å². The number of halogens is 1. The maximum Gasteiger partial charge on any atom is 0.414 e. The first kappa shape index (κ1) is 20.6. The smallest absolute Gasteiger partial charge is 0.414 e. The van der Waals surface area contributed by atoms with Crippen LogP contribution in [-0.2, 0) is 20.0 Å². The second kappa shape index (κ2) is 7.69. The van der Waals surface area contributed by atoms with Gasteiger partial charge >= 0.3 is 6.09 Å². The van der Waals surface area contributed by atoms with Crippen molar-refractivity contribution in [1.29, 1.82) is 0 Å². The van der Waals surface area contributed by atoms with Crippen molar-refractivity contribution in [3.63, 3.8) is 0 Å². The molecule has 0 spiro atoms. The average molecular weight is 450 g/mol. The molecule has 0 atom stereocenters. The van der Waals surface area contributed by atoms with Gasteiger partial charge in [0.2, 0.25) is 5.95 Å². The molecule has 0 fully saturated rings. The molecule has 11 heteroatoms. The van der Waals surface area contributed by atoms with Gasteiger partial charge in [-0.05, 0) is 25.1 Å². The van der Waals surface area contributed by atoms with Crippen LogP contribution in [0.15, 0.2) is 30.6 Å². The van der Waals surface area contributed by atoms with Gasteiger partial charge in [0.15, 0.2) is 11.9 Å². The number of amides is 1. The Balaban J connectivity index is 1.67. The number of rotatable bonds is 5. The van der Waals surface area contributed by atoms with Gasteiger partial charge < -0.3 is 9.84 Å². The molecule has 168 valence electrons. The first-order valence-corrected chi connectivity index (χ1v) is 10.1. The molecule has 0 saturated heterocycles. The van der Waals surface area contributed by atoms with Crippen LogP contribution < -0.4 is 9.64 Å². The zero-order valence-corrected chi connectivity index (χ0v) is 17.8. The SMILES string of the molecule is Cc1cc(-c2cnc(N(Cc3c(F)ccc4c3CCO4)C(=O)O)n3cc(C=O)nc23)n(C)n1. The zero-order valence-electron chi connectivity index (χ0n) is 17.8. The quantitative estimate of drug-likeness (QED) is 0.465. The van der Waals surface area contributed by atoms with Gasteiger partial charge in [0.05, 0.1) is 30.1 Å². The van der Waals surface area contributed by atoms with Crippen molar-refractivity contribution in [3.05, 3.63) is 58.9 Å². The first-order valence-electron chi connectivity index (χ1n) is 10.1. The summed E-state index contributed by atoms with van der Waals surface area (Å²) in [6, 6.07) is 4.64. The summed E-state index contributed by atoms with van der Waals surface area (Å²) in [5.74, 6) is 0.00207. The van der Waals surface area contributed by atoms with Gasteiger partial charge in [-0.3, -0.25) is 13.9 Å². The Morgan fingerprint density at radius 1 is 1.39 bits per heavy atom. The Morgan fingerprint density at radius 3 is 2.91 bits per heavy atom. The lowest BCUT2D eigenvalue weighted by Gasteiger charge is -2.21. The molecule has 1 aliphatic heterocycles. The second-order valence-electron chi connectivity index (χ2n) is 7.71.